The Morgan fingerprint density at radius 1 is 1.53 bits per heavy atom. The van der Waals surface area contributed by atoms with Crippen LogP contribution in [-0.4, -0.2) is 27.8 Å². The smallest absolute Gasteiger partial charge is 0.170 e. The highest BCUT2D eigenvalue weighted by molar-refractivity contribution is 5.97. The van der Waals surface area contributed by atoms with Gasteiger partial charge in [0.2, 0.25) is 0 Å². The van der Waals surface area contributed by atoms with Gasteiger partial charge in [-0.2, -0.15) is 0 Å². The summed E-state index contributed by atoms with van der Waals surface area (Å²) in [5.74, 6) is -0.583. The van der Waals surface area contributed by atoms with Crippen LogP contribution in [0.3, 0.4) is 0 Å². The van der Waals surface area contributed by atoms with Crippen LogP contribution in [0.5, 0.6) is 0 Å². The van der Waals surface area contributed by atoms with Gasteiger partial charge in [0.05, 0.1) is 6.10 Å². The van der Waals surface area contributed by atoms with E-state index in [1.165, 1.54) is 6.07 Å². The van der Waals surface area contributed by atoms with Crippen molar-refractivity contribution in [1.29, 1.82) is 0 Å². The molecular formula is C13H20FN3O2. The second-order valence-electron chi connectivity index (χ2n) is 5.04. The fraction of sp³-hybridized carbons (Fsp3) is 0.462. The van der Waals surface area contributed by atoms with Crippen molar-refractivity contribution in [1.82, 2.24) is 5.32 Å². The van der Waals surface area contributed by atoms with Gasteiger partial charge in [-0.05, 0) is 26.8 Å². The van der Waals surface area contributed by atoms with Crippen LogP contribution in [0.4, 0.5) is 4.39 Å². The Bertz CT molecular complexity index is 473. The third-order valence-corrected chi connectivity index (χ3v) is 3.24. The first-order valence-corrected chi connectivity index (χ1v) is 5.97. The van der Waals surface area contributed by atoms with E-state index in [9.17, 15) is 9.50 Å². The molecule has 0 saturated carbocycles. The number of aliphatic hydroxyl groups excluding tert-OH is 1. The number of oxime groups is 1. The highest BCUT2D eigenvalue weighted by Gasteiger charge is 2.23. The molecule has 1 aromatic rings. The van der Waals surface area contributed by atoms with E-state index in [-0.39, 0.29) is 12.4 Å². The zero-order valence-electron chi connectivity index (χ0n) is 11.3. The lowest BCUT2D eigenvalue weighted by molar-refractivity contribution is 0.0954. The van der Waals surface area contributed by atoms with Crippen molar-refractivity contribution >= 4 is 5.84 Å². The number of halogens is 1. The maximum absolute atomic E-state index is 13.8. The predicted molar refractivity (Wildman–Crippen MR) is 71.5 cm³/mol. The van der Waals surface area contributed by atoms with Crippen LogP contribution in [0.1, 0.15) is 31.9 Å². The first-order chi connectivity index (χ1) is 8.77. The summed E-state index contributed by atoms with van der Waals surface area (Å²) in [7, 11) is 0. The van der Waals surface area contributed by atoms with Crippen LogP contribution >= 0.6 is 0 Å². The van der Waals surface area contributed by atoms with Gasteiger partial charge >= 0.3 is 0 Å². The molecule has 0 aliphatic heterocycles. The van der Waals surface area contributed by atoms with Crippen molar-refractivity contribution in [2.24, 2.45) is 10.9 Å². The lowest BCUT2D eigenvalue weighted by Crippen LogP contribution is -2.47. The van der Waals surface area contributed by atoms with Gasteiger partial charge in [0.1, 0.15) is 5.82 Å². The monoisotopic (exact) mass is 269 g/mol. The number of nitrogens with zero attached hydrogens (tertiary/aromatic N) is 1. The average molecular weight is 269 g/mol. The summed E-state index contributed by atoms with van der Waals surface area (Å²) in [6.45, 7) is 5.62. The van der Waals surface area contributed by atoms with Crippen molar-refractivity contribution in [3.8, 4) is 0 Å². The third-order valence-electron chi connectivity index (χ3n) is 3.24. The molecule has 0 bridgehead atoms. The highest BCUT2D eigenvalue weighted by atomic mass is 19.1. The zero-order valence-corrected chi connectivity index (χ0v) is 11.3. The number of aliphatic hydroxyl groups is 1. The van der Waals surface area contributed by atoms with E-state index in [4.69, 9.17) is 10.9 Å². The minimum Gasteiger partial charge on any atom is -0.409 e. The SMILES string of the molecule is CC(O)C(C)(C)NCc1ccc(/C(N)=N/O)cc1F. The molecule has 1 aromatic carbocycles. The van der Waals surface area contributed by atoms with Crippen molar-refractivity contribution in [2.45, 2.75) is 39.0 Å². The Morgan fingerprint density at radius 2 is 2.16 bits per heavy atom. The lowest BCUT2D eigenvalue weighted by Gasteiger charge is -2.29. The van der Waals surface area contributed by atoms with Gasteiger partial charge in [-0.3, -0.25) is 0 Å². The third kappa shape index (κ3) is 3.90. The van der Waals surface area contributed by atoms with Crippen molar-refractivity contribution < 1.29 is 14.7 Å². The summed E-state index contributed by atoms with van der Waals surface area (Å²) in [5.41, 5.74) is 5.63. The molecule has 19 heavy (non-hydrogen) atoms. The van der Waals surface area contributed by atoms with Crippen LogP contribution in [-0.2, 0) is 6.54 Å². The summed E-state index contributed by atoms with van der Waals surface area (Å²) in [6.07, 6.45) is -0.563. The number of hydrogen-bond donors (Lipinski definition) is 4. The van der Waals surface area contributed by atoms with E-state index in [1.807, 2.05) is 13.8 Å². The fourth-order valence-electron chi connectivity index (χ4n) is 1.38. The highest BCUT2D eigenvalue weighted by Crippen LogP contribution is 2.14. The molecule has 0 amide bonds. The Balaban J connectivity index is 2.82. The summed E-state index contributed by atoms with van der Waals surface area (Å²) in [5, 5.41) is 24.0. The minimum atomic E-state index is -0.563. The second kappa shape index (κ2) is 5.99. The zero-order chi connectivity index (χ0) is 14.6. The van der Waals surface area contributed by atoms with E-state index in [0.717, 1.165) is 0 Å². The molecule has 0 aliphatic carbocycles. The summed E-state index contributed by atoms with van der Waals surface area (Å²) >= 11 is 0. The van der Waals surface area contributed by atoms with Gasteiger partial charge in [0.15, 0.2) is 5.84 Å². The molecule has 0 spiro atoms. The quantitative estimate of drug-likeness (QED) is 0.279. The Labute approximate surface area is 111 Å². The fourth-order valence-corrected chi connectivity index (χ4v) is 1.38. The lowest BCUT2D eigenvalue weighted by atomic mass is 9.98. The number of nitrogens with one attached hydrogen (secondary N) is 1. The Hall–Kier alpha value is -1.66. The van der Waals surface area contributed by atoms with Gasteiger partial charge in [0, 0.05) is 23.2 Å². The van der Waals surface area contributed by atoms with Crippen molar-refractivity contribution in [3.63, 3.8) is 0 Å². The molecule has 1 unspecified atom stereocenters. The van der Waals surface area contributed by atoms with Gasteiger partial charge in [0.25, 0.3) is 0 Å². The van der Waals surface area contributed by atoms with E-state index in [1.54, 1.807) is 19.1 Å². The van der Waals surface area contributed by atoms with Crippen molar-refractivity contribution in [3.05, 3.63) is 35.1 Å². The van der Waals surface area contributed by atoms with E-state index < -0.39 is 17.5 Å². The normalized spacial score (nSPS) is 14.5. The molecule has 0 aliphatic rings. The molecule has 1 atom stereocenters. The van der Waals surface area contributed by atoms with E-state index >= 15 is 0 Å². The molecule has 1 rings (SSSR count). The largest absolute Gasteiger partial charge is 0.409 e. The summed E-state index contributed by atoms with van der Waals surface area (Å²) in [6, 6.07) is 4.35. The number of benzene rings is 1. The van der Waals surface area contributed by atoms with Crippen LogP contribution in [0.25, 0.3) is 0 Å². The van der Waals surface area contributed by atoms with Gasteiger partial charge in [-0.1, -0.05) is 17.3 Å². The maximum atomic E-state index is 13.8. The maximum Gasteiger partial charge on any atom is 0.170 e. The molecule has 0 saturated heterocycles. The van der Waals surface area contributed by atoms with Gasteiger partial charge in [-0.25, -0.2) is 4.39 Å². The van der Waals surface area contributed by atoms with Crippen molar-refractivity contribution in [2.75, 3.05) is 0 Å². The molecule has 5 N–H and O–H groups in total. The Kier molecular flexibility index (Phi) is 4.85. The number of rotatable bonds is 5. The standard InChI is InChI=1S/C13H20FN3O2/c1-8(18)13(2,3)16-7-10-5-4-9(6-11(10)14)12(15)17-19/h4-6,8,16,18-19H,7H2,1-3H3,(H2,15,17). The minimum absolute atomic E-state index is 0.136. The molecule has 0 aromatic heterocycles. The van der Waals surface area contributed by atoms with Crippen LogP contribution in [0.15, 0.2) is 23.4 Å². The first kappa shape index (κ1) is 15.4. The topological polar surface area (TPSA) is 90.9 Å². The predicted octanol–water partition coefficient (Wildman–Crippen LogP) is 1.17. The second-order valence-corrected chi connectivity index (χ2v) is 5.04. The average Bonchev–Trinajstić information content (AvgIpc) is 2.36. The van der Waals surface area contributed by atoms with Crippen LogP contribution in [0, 0.1) is 5.82 Å². The van der Waals surface area contributed by atoms with Crippen LogP contribution in [0.2, 0.25) is 0 Å². The first-order valence-electron chi connectivity index (χ1n) is 5.97. The van der Waals surface area contributed by atoms with E-state index in [2.05, 4.69) is 10.5 Å². The molecular weight excluding hydrogens is 249 g/mol. The number of hydrogen-bond acceptors (Lipinski definition) is 4. The van der Waals surface area contributed by atoms with Gasteiger partial charge in [-0.15, -0.1) is 0 Å². The summed E-state index contributed by atoms with van der Waals surface area (Å²) in [4.78, 5) is 0. The molecule has 0 fully saturated rings. The summed E-state index contributed by atoms with van der Waals surface area (Å²) < 4.78 is 13.8. The molecule has 5 nitrogen and oxygen atoms in total. The molecule has 0 radical (unpaired) electrons. The molecule has 106 valence electrons. The molecule has 0 heterocycles. The van der Waals surface area contributed by atoms with Crippen LogP contribution < -0.4 is 11.1 Å². The Morgan fingerprint density at radius 3 is 2.63 bits per heavy atom. The van der Waals surface area contributed by atoms with Gasteiger partial charge < -0.3 is 21.4 Å². The number of nitrogens with two attached hydrogens (primary N) is 1. The van der Waals surface area contributed by atoms with E-state index in [0.29, 0.717) is 11.1 Å². The molecule has 6 heteroatoms. The number of amidine groups is 1.